The number of rotatable bonds is 5. The fraction of sp³-hybridized carbons (Fsp3) is 0.500. The molecule has 1 aromatic heterocycles. The van der Waals surface area contributed by atoms with Crippen molar-refractivity contribution in [3.8, 4) is 0 Å². The molecule has 1 aromatic rings. The van der Waals surface area contributed by atoms with Gasteiger partial charge in [0.1, 0.15) is 4.88 Å². The highest BCUT2D eigenvalue weighted by Gasteiger charge is 2.14. The molecule has 0 aliphatic carbocycles. The number of anilines is 1. The molecule has 0 radical (unpaired) electrons. The number of carbonyl (C=O) groups excluding carboxylic acids is 1. The molecule has 0 aliphatic heterocycles. The first-order chi connectivity index (χ1) is 7.19. The first-order valence-corrected chi connectivity index (χ1v) is 5.48. The van der Waals surface area contributed by atoms with E-state index < -0.39 is 0 Å². The topological polar surface area (TPSA) is 47.6 Å². The summed E-state index contributed by atoms with van der Waals surface area (Å²) in [5.41, 5.74) is 0.802. The van der Waals surface area contributed by atoms with Gasteiger partial charge >= 0.3 is 5.97 Å². The van der Waals surface area contributed by atoms with Crippen molar-refractivity contribution in [1.29, 1.82) is 0 Å². The largest absolute Gasteiger partial charge is 0.465 e. The summed E-state index contributed by atoms with van der Waals surface area (Å²) in [5.74, 6) is -0.308. The predicted molar refractivity (Wildman–Crippen MR) is 60.6 cm³/mol. The molecule has 1 N–H and O–H groups in total. The summed E-state index contributed by atoms with van der Waals surface area (Å²) in [6.45, 7) is 2.58. The van der Waals surface area contributed by atoms with Gasteiger partial charge in [-0.2, -0.15) is 0 Å². The minimum Gasteiger partial charge on any atom is -0.465 e. The highest BCUT2D eigenvalue weighted by molar-refractivity contribution is 7.12. The quantitative estimate of drug-likeness (QED) is 0.784. The van der Waals surface area contributed by atoms with Crippen molar-refractivity contribution < 1.29 is 14.3 Å². The molecule has 0 fully saturated rings. The van der Waals surface area contributed by atoms with E-state index in [-0.39, 0.29) is 12.0 Å². The third kappa shape index (κ3) is 3.21. The summed E-state index contributed by atoms with van der Waals surface area (Å²) in [6, 6.07) is 2.02. The van der Waals surface area contributed by atoms with E-state index >= 15 is 0 Å². The Morgan fingerprint density at radius 2 is 2.33 bits per heavy atom. The van der Waals surface area contributed by atoms with E-state index in [0.29, 0.717) is 11.5 Å². The molecule has 1 unspecified atom stereocenters. The molecule has 4 nitrogen and oxygen atoms in total. The lowest BCUT2D eigenvalue weighted by molar-refractivity contribution is 0.0607. The second-order valence-electron chi connectivity index (χ2n) is 3.16. The Bertz CT molecular complexity index is 324. The molecule has 1 heterocycles. The molecule has 5 heteroatoms. The van der Waals surface area contributed by atoms with E-state index in [4.69, 9.17) is 4.74 Å². The van der Waals surface area contributed by atoms with Crippen molar-refractivity contribution in [2.45, 2.75) is 13.0 Å². The standard InChI is InChI=1S/C10H15NO3S/c1-7(6-13-2)11-8-4-5-15-9(8)10(12)14-3/h4-5,7,11H,6H2,1-3H3. The van der Waals surface area contributed by atoms with Gasteiger partial charge in [0.25, 0.3) is 0 Å². The van der Waals surface area contributed by atoms with Gasteiger partial charge in [0.2, 0.25) is 0 Å². The Morgan fingerprint density at radius 1 is 1.60 bits per heavy atom. The zero-order valence-electron chi connectivity index (χ0n) is 9.07. The second-order valence-corrected chi connectivity index (χ2v) is 4.07. The van der Waals surface area contributed by atoms with Crippen LogP contribution in [0.4, 0.5) is 5.69 Å². The zero-order chi connectivity index (χ0) is 11.3. The SMILES string of the molecule is COCC(C)Nc1ccsc1C(=O)OC. The van der Waals surface area contributed by atoms with Crippen molar-refractivity contribution in [1.82, 2.24) is 0 Å². The molecular formula is C10H15NO3S. The molecule has 0 aliphatic rings. The summed E-state index contributed by atoms with van der Waals surface area (Å²) < 4.78 is 9.68. The molecule has 0 saturated heterocycles. The minimum absolute atomic E-state index is 0.160. The first-order valence-electron chi connectivity index (χ1n) is 4.60. The van der Waals surface area contributed by atoms with Gasteiger partial charge in [-0.15, -0.1) is 11.3 Å². The molecule has 1 rings (SSSR count). The molecule has 0 saturated carbocycles. The number of nitrogens with one attached hydrogen (secondary N) is 1. The van der Waals surface area contributed by atoms with Crippen molar-refractivity contribution in [2.75, 3.05) is 26.1 Å². The lowest BCUT2D eigenvalue weighted by atomic mass is 10.3. The molecule has 15 heavy (non-hydrogen) atoms. The number of thiophene rings is 1. The van der Waals surface area contributed by atoms with Gasteiger partial charge in [-0.3, -0.25) is 0 Å². The van der Waals surface area contributed by atoms with Gasteiger partial charge < -0.3 is 14.8 Å². The maximum absolute atomic E-state index is 11.4. The number of ether oxygens (including phenoxy) is 2. The van der Waals surface area contributed by atoms with Crippen LogP contribution in [0.25, 0.3) is 0 Å². The number of methoxy groups -OCH3 is 2. The van der Waals surface area contributed by atoms with Crippen LogP contribution >= 0.6 is 11.3 Å². The Hall–Kier alpha value is -1.07. The van der Waals surface area contributed by atoms with E-state index in [9.17, 15) is 4.79 Å². The van der Waals surface area contributed by atoms with Gasteiger partial charge in [0, 0.05) is 13.2 Å². The van der Waals surface area contributed by atoms with Crippen molar-refractivity contribution in [3.63, 3.8) is 0 Å². The van der Waals surface area contributed by atoms with Crippen LogP contribution in [-0.4, -0.2) is 32.8 Å². The van der Waals surface area contributed by atoms with Gasteiger partial charge in [0.05, 0.1) is 19.4 Å². The van der Waals surface area contributed by atoms with Crippen LogP contribution in [0, 0.1) is 0 Å². The van der Waals surface area contributed by atoms with Crippen LogP contribution < -0.4 is 5.32 Å². The van der Waals surface area contributed by atoms with E-state index in [1.807, 2.05) is 18.4 Å². The first kappa shape index (κ1) is 12.0. The van der Waals surface area contributed by atoms with Crippen LogP contribution in [0.15, 0.2) is 11.4 Å². The summed E-state index contributed by atoms with van der Waals surface area (Å²) in [7, 11) is 3.03. The number of carbonyl (C=O) groups is 1. The molecule has 0 aromatic carbocycles. The normalized spacial score (nSPS) is 12.2. The van der Waals surface area contributed by atoms with Crippen molar-refractivity contribution >= 4 is 23.0 Å². The lowest BCUT2D eigenvalue weighted by Gasteiger charge is -2.13. The minimum atomic E-state index is -0.308. The second kappa shape index (κ2) is 5.72. The molecule has 0 bridgehead atoms. The average molecular weight is 229 g/mol. The Balaban J connectivity index is 2.68. The molecule has 1 atom stereocenters. The third-order valence-corrected chi connectivity index (χ3v) is 2.75. The average Bonchev–Trinajstić information content (AvgIpc) is 2.65. The molecule has 0 spiro atoms. The van der Waals surface area contributed by atoms with Crippen molar-refractivity contribution in [2.24, 2.45) is 0 Å². The number of hydrogen-bond acceptors (Lipinski definition) is 5. The molecule has 0 amide bonds. The van der Waals surface area contributed by atoms with Crippen LogP contribution in [0.5, 0.6) is 0 Å². The van der Waals surface area contributed by atoms with Gasteiger partial charge in [-0.1, -0.05) is 0 Å². The van der Waals surface area contributed by atoms with Crippen LogP contribution in [0.3, 0.4) is 0 Å². The van der Waals surface area contributed by atoms with E-state index in [2.05, 4.69) is 10.1 Å². The van der Waals surface area contributed by atoms with Crippen LogP contribution in [-0.2, 0) is 9.47 Å². The molecular weight excluding hydrogens is 214 g/mol. The maximum Gasteiger partial charge on any atom is 0.350 e. The fourth-order valence-electron chi connectivity index (χ4n) is 1.23. The van der Waals surface area contributed by atoms with Crippen molar-refractivity contribution in [3.05, 3.63) is 16.3 Å². The summed E-state index contributed by atoms with van der Waals surface area (Å²) >= 11 is 1.36. The fourth-order valence-corrected chi connectivity index (χ4v) is 2.00. The Kier molecular flexibility index (Phi) is 4.58. The van der Waals surface area contributed by atoms with Crippen LogP contribution in [0.2, 0.25) is 0 Å². The molecule has 84 valence electrons. The maximum atomic E-state index is 11.4. The summed E-state index contributed by atoms with van der Waals surface area (Å²) in [6.07, 6.45) is 0. The monoisotopic (exact) mass is 229 g/mol. The Labute approximate surface area is 93.2 Å². The Morgan fingerprint density at radius 3 is 2.93 bits per heavy atom. The summed E-state index contributed by atoms with van der Waals surface area (Å²) in [5, 5.41) is 5.05. The van der Waals surface area contributed by atoms with E-state index in [1.165, 1.54) is 18.4 Å². The smallest absolute Gasteiger partial charge is 0.350 e. The number of esters is 1. The van der Waals surface area contributed by atoms with E-state index in [1.54, 1.807) is 7.11 Å². The van der Waals surface area contributed by atoms with E-state index in [0.717, 1.165) is 5.69 Å². The van der Waals surface area contributed by atoms with Gasteiger partial charge in [-0.25, -0.2) is 4.79 Å². The highest BCUT2D eigenvalue weighted by atomic mass is 32.1. The van der Waals surface area contributed by atoms with Gasteiger partial charge in [-0.05, 0) is 18.4 Å². The van der Waals surface area contributed by atoms with Crippen LogP contribution in [0.1, 0.15) is 16.6 Å². The zero-order valence-corrected chi connectivity index (χ0v) is 9.89. The van der Waals surface area contributed by atoms with Gasteiger partial charge in [0.15, 0.2) is 0 Å². The highest BCUT2D eigenvalue weighted by Crippen LogP contribution is 2.23. The third-order valence-electron chi connectivity index (χ3n) is 1.85. The predicted octanol–water partition coefficient (Wildman–Crippen LogP) is 1.98. The summed E-state index contributed by atoms with van der Waals surface area (Å²) in [4.78, 5) is 11.9. The number of hydrogen-bond donors (Lipinski definition) is 1. The lowest BCUT2D eigenvalue weighted by Crippen LogP contribution is -2.21.